The molecule has 142 valence electrons. The second kappa shape index (κ2) is 8.57. The molecule has 0 spiro atoms. The Bertz CT molecular complexity index is 863. The van der Waals surface area contributed by atoms with Gasteiger partial charge in [0.2, 0.25) is 0 Å². The predicted molar refractivity (Wildman–Crippen MR) is 109 cm³/mol. The normalized spacial score (nSPS) is 14.2. The van der Waals surface area contributed by atoms with Crippen LogP contribution in [0.5, 0.6) is 0 Å². The fourth-order valence-electron chi connectivity index (χ4n) is 3.52. The number of rotatable bonds is 4. The Balaban J connectivity index is 1.69. The molecule has 1 aliphatic carbocycles. The average molecular weight is 385 g/mol. The molecule has 0 fully saturated rings. The quantitative estimate of drug-likeness (QED) is 0.748. The first-order chi connectivity index (χ1) is 13.0. The van der Waals surface area contributed by atoms with E-state index < -0.39 is 11.8 Å². The summed E-state index contributed by atoms with van der Waals surface area (Å²) in [4.78, 5) is 24.7. The predicted octanol–water partition coefficient (Wildman–Crippen LogP) is 4.73. The maximum Gasteiger partial charge on any atom is 0.313 e. The van der Waals surface area contributed by atoms with Gasteiger partial charge in [-0.15, -0.1) is 0 Å². The van der Waals surface area contributed by atoms with Gasteiger partial charge >= 0.3 is 11.8 Å². The number of carbonyl (C=O) groups excluding carboxylic acids is 2. The summed E-state index contributed by atoms with van der Waals surface area (Å²) in [6.45, 7) is 3.86. The Morgan fingerprint density at radius 3 is 2.52 bits per heavy atom. The van der Waals surface area contributed by atoms with Gasteiger partial charge in [-0.05, 0) is 73.4 Å². The van der Waals surface area contributed by atoms with E-state index >= 15 is 0 Å². The molecule has 0 saturated carbocycles. The van der Waals surface area contributed by atoms with Crippen LogP contribution in [0.4, 0.5) is 5.69 Å². The molecule has 2 N–H and O–H groups in total. The molecule has 0 radical (unpaired) electrons. The molecule has 3 rings (SSSR count). The van der Waals surface area contributed by atoms with Crippen LogP contribution in [0.25, 0.3) is 0 Å². The van der Waals surface area contributed by atoms with Crippen LogP contribution in [0.2, 0.25) is 5.02 Å². The maximum atomic E-state index is 12.4. The standard InChI is InChI=1S/C22H25ClN2O2/c1-3-19(17-10-9-15-6-4-5-7-16(15)12-17)24-21(26)22(27)25-20-13-18(23)11-8-14(20)2/h8-13,19H,3-7H2,1-2H3,(H,24,26)(H,25,27). The number of hydrogen-bond donors (Lipinski definition) is 2. The Hall–Kier alpha value is -2.33. The van der Waals surface area contributed by atoms with E-state index in [1.54, 1.807) is 18.2 Å². The van der Waals surface area contributed by atoms with Crippen molar-refractivity contribution < 1.29 is 9.59 Å². The van der Waals surface area contributed by atoms with Crippen LogP contribution in [-0.4, -0.2) is 11.8 Å². The van der Waals surface area contributed by atoms with Gasteiger partial charge in [0.15, 0.2) is 0 Å². The number of nitrogens with one attached hydrogen (secondary N) is 2. The number of anilines is 1. The lowest BCUT2D eigenvalue weighted by Crippen LogP contribution is -2.37. The number of aryl methyl sites for hydroxylation is 3. The van der Waals surface area contributed by atoms with Gasteiger partial charge in [-0.1, -0.05) is 42.8 Å². The van der Waals surface area contributed by atoms with Crippen molar-refractivity contribution in [3.05, 3.63) is 63.7 Å². The number of hydrogen-bond acceptors (Lipinski definition) is 2. The lowest BCUT2D eigenvalue weighted by Gasteiger charge is -2.21. The van der Waals surface area contributed by atoms with E-state index in [0.29, 0.717) is 17.1 Å². The number of benzene rings is 2. The first-order valence-electron chi connectivity index (χ1n) is 9.47. The molecule has 2 aromatic rings. The van der Waals surface area contributed by atoms with Crippen LogP contribution < -0.4 is 10.6 Å². The highest BCUT2D eigenvalue weighted by Crippen LogP contribution is 2.26. The van der Waals surface area contributed by atoms with E-state index in [1.807, 2.05) is 13.8 Å². The topological polar surface area (TPSA) is 58.2 Å². The summed E-state index contributed by atoms with van der Waals surface area (Å²) in [5, 5.41) is 6.02. The van der Waals surface area contributed by atoms with Crippen molar-refractivity contribution in [2.75, 3.05) is 5.32 Å². The van der Waals surface area contributed by atoms with Crippen LogP contribution in [-0.2, 0) is 22.4 Å². The lowest BCUT2D eigenvalue weighted by molar-refractivity contribution is -0.136. The number of fused-ring (bicyclic) bond motifs is 1. The minimum absolute atomic E-state index is 0.184. The zero-order valence-corrected chi connectivity index (χ0v) is 16.5. The van der Waals surface area contributed by atoms with E-state index in [2.05, 4.69) is 28.8 Å². The van der Waals surface area contributed by atoms with Crippen LogP contribution in [0.3, 0.4) is 0 Å². The van der Waals surface area contributed by atoms with E-state index in [-0.39, 0.29) is 6.04 Å². The second-order valence-corrected chi connectivity index (χ2v) is 7.52. The van der Waals surface area contributed by atoms with Crippen molar-refractivity contribution in [1.29, 1.82) is 0 Å². The minimum Gasteiger partial charge on any atom is -0.341 e. The smallest absolute Gasteiger partial charge is 0.313 e. The first kappa shape index (κ1) is 19.4. The van der Waals surface area contributed by atoms with E-state index in [9.17, 15) is 9.59 Å². The van der Waals surface area contributed by atoms with Gasteiger partial charge in [-0.2, -0.15) is 0 Å². The van der Waals surface area contributed by atoms with Gasteiger partial charge in [0.05, 0.1) is 6.04 Å². The van der Waals surface area contributed by atoms with E-state index in [1.165, 1.54) is 24.0 Å². The number of halogens is 1. The van der Waals surface area contributed by atoms with Crippen molar-refractivity contribution in [3.63, 3.8) is 0 Å². The molecule has 1 atom stereocenters. The van der Waals surface area contributed by atoms with Gasteiger partial charge < -0.3 is 10.6 Å². The van der Waals surface area contributed by atoms with Crippen LogP contribution in [0, 0.1) is 6.92 Å². The molecule has 4 nitrogen and oxygen atoms in total. The number of carbonyl (C=O) groups is 2. The third-order valence-electron chi connectivity index (χ3n) is 5.14. The molecule has 0 saturated heterocycles. The zero-order chi connectivity index (χ0) is 19.4. The molecule has 0 aromatic heterocycles. The molecule has 0 bridgehead atoms. The fourth-order valence-corrected chi connectivity index (χ4v) is 3.70. The van der Waals surface area contributed by atoms with Crippen molar-refractivity contribution in [1.82, 2.24) is 5.32 Å². The zero-order valence-electron chi connectivity index (χ0n) is 15.8. The summed E-state index contributed by atoms with van der Waals surface area (Å²) in [6, 6.07) is 11.4. The maximum absolute atomic E-state index is 12.4. The van der Waals surface area contributed by atoms with E-state index in [0.717, 1.165) is 24.0 Å². The van der Waals surface area contributed by atoms with Gasteiger partial charge in [0, 0.05) is 10.7 Å². The summed E-state index contributed by atoms with van der Waals surface area (Å²) < 4.78 is 0. The Morgan fingerprint density at radius 2 is 1.78 bits per heavy atom. The highest BCUT2D eigenvalue weighted by Gasteiger charge is 2.21. The summed E-state index contributed by atoms with van der Waals surface area (Å²) in [7, 11) is 0. The first-order valence-corrected chi connectivity index (χ1v) is 9.85. The van der Waals surface area contributed by atoms with Crippen LogP contribution in [0.15, 0.2) is 36.4 Å². The average Bonchev–Trinajstić information content (AvgIpc) is 2.68. The summed E-state index contributed by atoms with van der Waals surface area (Å²) >= 11 is 5.97. The third kappa shape index (κ3) is 4.69. The largest absolute Gasteiger partial charge is 0.341 e. The highest BCUT2D eigenvalue weighted by molar-refractivity contribution is 6.40. The molecule has 1 unspecified atom stereocenters. The molecule has 27 heavy (non-hydrogen) atoms. The molecule has 2 aromatic carbocycles. The molecular formula is C22H25ClN2O2. The molecule has 0 heterocycles. The third-order valence-corrected chi connectivity index (χ3v) is 5.38. The van der Waals surface area contributed by atoms with Crippen LogP contribution in [0.1, 0.15) is 54.5 Å². The van der Waals surface area contributed by atoms with Gasteiger partial charge in [0.25, 0.3) is 0 Å². The Labute approximate surface area is 165 Å². The molecule has 2 amide bonds. The SMILES string of the molecule is CCC(NC(=O)C(=O)Nc1cc(Cl)ccc1C)c1ccc2c(c1)CCCC2. The molecule has 0 aliphatic heterocycles. The Kier molecular flexibility index (Phi) is 6.17. The van der Waals surface area contributed by atoms with Crippen molar-refractivity contribution in [2.45, 2.75) is 52.0 Å². The molecular weight excluding hydrogens is 360 g/mol. The highest BCUT2D eigenvalue weighted by atomic mass is 35.5. The van der Waals surface area contributed by atoms with Crippen molar-refractivity contribution in [3.8, 4) is 0 Å². The summed E-state index contributed by atoms with van der Waals surface area (Å²) in [5.74, 6) is -1.32. The van der Waals surface area contributed by atoms with Gasteiger partial charge in [0.1, 0.15) is 0 Å². The van der Waals surface area contributed by atoms with Crippen LogP contribution >= 0.6 is 11.6 Å². The van der Waals surface area contributed by atoms with Gasteiger partial charge in [-0.3, -0.25) is 9.59 Å². The fraction of sp³-hybridized carbons (Fsp3) is 0.364. The Morgan fingerprint density at radius 1 is 1.04 bits per heavy atom. The molecule has 5 heteroatoms. The van der Waals surface area contributed by atoms with Crippen molar-refractivity contribution >= 4 is 29.1 Å². The minimum atomic E-state index is -0.684. The summed E-state index contributed by atoms with van der Waals surface area (Å²) in [6.07, 6.45) is 5.38. The monoisotopic (exact) mass is 384 g/mol. The lowest BCUT2D eigenvalue weighted by atomic mass is 9.89. The van der Waals surface area contributed by atoms with Gasteiger partial charge in [-0.25, -0.2) is 0 Å². The van der Waals surface area contributed by atoms with E-state index in [4.69, 9.17) is 11.6 Å². The number of amides is 2. The molecule has 1 aliphatic rings. The second-order valence-electron chi connectivity index (χ2n) is 7.08. The van der Waals surface area contributed by atoms with Crippen molar-refractivity contribution in [2.24, 2.45) is 0 Å². The summed E-state index contributed by atoms with van der Waals surface area (Å²) in [5.41, 5.74) is 5.22.